The van der Waals surface area contributed by atoms with Gasteiger partial charge in [0.1, 0.15) is 12.4 Å². The third-order valence-corrected chi connectivity index (χ3v) is 4.91. The van der Waals surface area contributed by atoms with E-state index in [-0.39, 0.29) is 37.2 Å². The van der Waals surface area contributed by atoms with Gasteiger partial charge in [0.15, 0.2) is 5.78 Å². The average Bonchev–Trinajstić information content (AvgIpc) is 3.06. The van der Waals surface area contributed by atoms with Crippen molar-refractivity contribution in [1.29, 1.82) is 0 Å². The SMILES string of the molecule is O=C(CCN1C(=O)c2ccccc2C1=O)c1cccc(C#CCOc2ccccc2)c1. The fourth-order valence-corrected chi connectivity index (χ4v) is 3.34. The Balaban J connectivity index is 1.35. The van der Waals surface area contributed by atoms with Crippen molar-refractivity contribution < 1.29 is 19.1 Å². The molecule has 0 N–H and O–H groups in total. The number of ether oxygens (including phenoxy) is 1. The fraction of sp³-hybridized carbons (Fsp3) is 0.115. The van der Waals surface area contributed by atoms with E-state index < -0.39 is 0 Å². The summed E-state index contributed by atoms with van der Waals surface area (Å²) in [5.41, 5.74) is 1.96. The van der Waals surface area contributed by atoms with Crippen LogP contribution in [0.5, 0.6) is 5.75 Å². The Hall–Kier alpha value is -4.17. The van der Waals surface area contributed by atoms with Crippen molar-refractivity contribution in [3.8, 4) is 17.6 Å². The molecule has 3 aromatic rings. The monoisotopic (exact) mass is 409 g/mol. The molecule has 0 bridgehead atoms. The van der Waals surface area contributed by atoms with E-state index in [4.69, 9.17) is 4.74 Å². The van der Waals surface area contributed by atoms with Crippen molar-refractivity contribution in [3.63, 3.8) is 0 Å². The van der Waals surface area contributed by atoms with Crippen LogP contribution in [0.25, 0.3) is 0 Å². The lowest BCUT2D eigenvalue weighted by Crippen LogP contribution is -2.31. The zero-order valence-electron chi connectivity index (χ0n) is 16.7. The normalized spacial score (nSPS) is 12.2. The molecule has 0 saturated heterocycles. The summed E-state index contributed by atoms with van der Waals surface area (Å²) in [5.74, 6) is 5.80. The topological polar surface area (TPSA) is 63.7 Å². The molecule has 3 aromatic carbocycles. The van der Waals surface area contributed by atoms with Gasteiger partial charge in [-0.15, -0.1) is 0 Å². The van der Waals surface area contributed by atoms with E-state index in [1.807, 2.05) is 36.4 Å². The quantitative estimate of drug-likeness (QED) is 0.351. The van der Waals surface area contributed by atoms with Crippen LogP contribution in [0, 0.1) is 11.8 Å². The van der Waals surface area contributed by atoms with Crippen LogP contribution >= 0.6 is 0 Å². The second kappa shape index (κ2) is 9.10. The third kappa shape index (κ3) is 4.54. The molecule has 0 fully saturated rings. The summed E-state index contributed by atoms with van der Waals surface area (Å²) >= 11 is 0. The van der Waals surface area contributed by atoms with E-state index in [0.717, 1.165) is 10.6 Å². The van der Waals surface area contributed by atoms with Gasteiger partial charge in [-0.1, -0.05) is 54.3 Å². The molecule has 31 heavy (non-hydrogen) atoms. The number of hydrogen-bond acceptors (Lipinski definition) is 4. The summed E-state index contributed by atoms with van der Waals surface area (Å²) in [6, 6.07) is 23.1. The van der Waals surface area contributed by atoms with Gasteiger partial charge in [-0.2, -0.15) is 0 Å². The second-order valence-electron chi connectivity index (χ2n) is 6.97. The predicted molar refractivity (Wildman–Crippen MR) is 116 cm³/mol. The van der Waals surface area contributed by atoms with Gasteiger partial charge in [0, 0.05) is 24.1 Å². The summed E-state index contributed by atoms with van der Waals surface area (Å²) in [6.45, 7) is 0.286. The van der Waals surface area contributed by atoms with Gasteiger partial charge >= 0.3 is 0 Å². The smallest absolute Gasteiger partial charge is 0.261 e. The van der Waals surface area contributed by atoms with Crippen LogP contribution in [-0.2, 0) is 0 Å². The molecule has 2 amide bonds. The Kier molecular flexibility index (Phi) is 5.91. The van der Waals surface area contributed by atoms with E-state index in [1.54, 1.807) is 42.5 Å². The molecular weight excluding hydrogens is 390 g/mol. The Bertz CT molecular complexity index is 1170. The van der Waals surface area contributed by atoms with E-state index in [2.05, 4.69) is 11.8 Å². The van der Waals surface area contributed by atoms with Gasteiger partial charge < -0.3 is 4.74 Å². The van der Waals surface area contributed by atoms with Gasteiger partial charge in [0.25, 0.3) is 11.8 Å². The molecule has 0 unspecified atom stereocenters. The lowest BCUT2D eigenvalue weighted by molar-refractivity contribution is 0.0649. The Morgan fingerprint density at radius 2 is 1.52 bits per heavy atom. The first-order valence-corrected chi connectivity index (χ1v) is 9.89. The molecule has 0 saturated carbocycles. The minimum Gasteiger partial charge on any atom is -0.481 e. The number of nitrogens with zero attached hydrogens (tertiary/aromatic N) is 1. The van der Waals surface area contributed by atoms with Crippen molar-refractivity contribution in [2.45, 2.75) is 6.42 Å². The van der Waals surface area contributed by atoms with Crippen molar-refractivity contribution in [2.24, 2.45) is 0 Å². The number of amides is 2. The Labute approximate surface area is 180 Å². The van der Waals surface area contributed by atoms with Crippen LogP contribution in [0.4, 0.5) is 0 Å². The number of fused-ring (bicyclic) bond motifs is 1. The number of hydrogen-bond donors (Lipinski definition) is 0. The molecule has 0 spiro atoms. The van der Waals surface area contributed by atoms with E-state index in [0.29, 0.717) is 22.3 Å². The van der Waals surface area contributed by atoms with Crippen LogP contribution in [0.3, 0.4) is 0 Å². The van der Waals surface area contributed by atoms with Crippen molar-refractivity contribution >= 4 is 17.6 Å². The first-order valence-electron chi connectivity index (χ1n) is 9.89. The van der Waals surface area contributed by atoms with E-state index in [9.17, 15) is 14.4 Å². The maximum atomic E-state index is 12.6. The molecule has 5 heteroatoms. The standard InChI is InChI=1S/C26H19NO4/c28-24(15-16-27-25(29)22-13-4-5-14-23(22)26(27)30)20-10-6-8-19(18-20)9-7-17-31-21-11-2-1-3-12-21/h1-6,8,10-14,18H,15-17H2. The molecule has 0 atom stereocenters. The molecule has 5 nitrogen and oxygen atoms in total. The van der Waals surface area contributed by atoms with Gasteiger partial charge in [0.2, 0.25) is 0 Å². The van der Waals surface area contributed by atoms with Crippen LogP contribution in [0.15, 0.2) is 78.9 Å². The zero-order valence-corrected chi connectivity index (χ0v) is 16.7. The Morgan fingerprint density at radius 3 is 2.23 bits per heavy atom. The molecule has 0 aliphatic carbocycles. The molecule has 152 valence electrons. The number of imide groups is 1. The molecule has 1 aliphatic rings. The van der Waals surface area contributed by atoms with Gasteiger partial charge in [-0.25, -0.2) is 0 Å². The average molecular weight is 409 g/mol. The zero-order chi connectivity index (χ0) is 21.6. The van der Waals surface area contributed by atoms with Crippen molar-refractivity contribution in [1.82, 2.24) is 4.90 Å². The third-order valence-electron chi connectivity index (χ3n) is 4.91. The number of carbonyl (C=O) groups is 3. The largest absolute Gasteiger partial charge is 0.481 e. The Morgan fingerprint density at radius 1 is 0.839 bits per heavy atom. The van der Waals surface area contributed by atoms with Crippen LogP contribution < -0.4 is 4.74 Å². The molecule has 0 radical (unpaired) electrons. The molecule has 0 aromatic heterocycles. The van der Waals surface area contributed by atoms with Gasteiger partial charge in [-0.3, -0.25) is 19.3 Å². The predicted octanol–water partition coefficient (Wildman–Crippen LogP) is 3.99. The first kappa shape index (κ1) is 20.1. The number of ketones is 1. The number of benzene rings is 3. The maximum Gasteiger partial charge on any atom is 0.261 e. The highest BCUT2D eigenvalue weighted by molar-refractivity contribution is 6.21. The molecular formula is C26H19NO4. The number of rotatable bonds is 6. The minimum atomic E-state index is -0.355. The highest BCUT2D eigenvalue weighted by Gasteiger charge is 2.34. The van der Waals surface area contributed by atoms with E-state index in [1.165, 1.54) is 0 Å². The molecule has 4 rings (SSSR count). The van der Waals surface area contributed by atoms with Crippen molar-refractivity contribution in [3.05, 3.63) is 101 Å². The van der Waals surface area contributed by atoms with Crippen LogP contribution in [0.2, 0.25) is 0 Å². The summed E-state index contributed by atoms with van der Waals surface area (Å²) in [6.07, 6.45) is 0.0550. The summed E-state index contributed by atoms with van der Waals surface area (Å²) in [5, 5.41) is 0. The second-order valence-corrected chi connectivity index (χ2v) is 6.97. The fourth-order valence-electron chi connectivity index (χ4n) is 3.34. The highest BCUT2D eigenvalue weighted by Crippen LogP contribution is 2.22. The van der Waals surface area contributed by atoms with Gasteiger partial charge in [-0.05, 0) is 36.4 Å². The number of carbonyl (C=O) groups excluding carboxylic acids is 3. The van der Waals surface area contributed by atoms with Crippen LogP contribution in [0.1, 0.15) is 43.1 Å². The summed E-state index contributed by atoms with van der Waals surface area (Å²) < 4.78 is 5.54. The highest BCUT2D eigenvalue weighted by atomic mass is 16.5. The first-order chi connectivity index (χ1) is 15.1. The molecule has 1 heterocycles. The lowest BCUT2D eigenvalue weighted by atomic mass is 10.1. The number of para-hydroxylation sites is 1. The van der Waals surface area contributed by atoms with E-state index >= 15 is 0 Å². The molecule has 1 aliphatic heterocycles. The summed E-state index contributed by atoms with van der Waals surface area (Å²) in [7, 11) is 0. The van der Waals surface area contributed by atoms with Gasteiger partial charge in [0.05, 0.1) is 11.1 Å². The number of Topliss-reactive ketones (excluding diaryl/α,β-unsaturated/α-hetero) is 1. The van der Waals surface area contributed by atoms with Crippen LogP contribution in [-0.4, -0.2) is 35.6 Å². The summed E-state index contributed by atoms with van der Waals surface area (Å²) in [4.78, 5) is 38.6. The minimum absolute atomic E-state index is 0.0476. The van der Waals surface area contributed by atoms with Crippen molar-refractivity contribution in [2.75, 3.05) is 13.2 Å². The maximum absolute atomic E-state index is 12.6. The lowest BCUT2D eigenvalue weighted by Gasteiger charge is -2.13.